The van der Waals surface area contributed by atoms with E-state index >= 15 is 0 Å². The summed E-state index contributed by atoms with van der Waals surface area (Å²) in [4.78, 5) is 71.7. The number of pyridine rings is 1. The Morgan fingerprint density at radius 2 is 1.60 bits per heavy atom. The number of carbonyl (C=O) groups is 4. The minimum Gasteiger partial charge on any atom is -0.477 e. The van der Waals surface area contributed by atoms with E-state index in [0.717, 1.165) is 11.3 Å². The molecule has 0 aliphatic carbocycles. The summed E-state index contributed by atoms with van der Waals surface area (Å²) in [6.45, 7) is 7.25. The average Bonchev–Trinajstić information content (AvgIpc) is 3.60. The number of benzene rings is 3. The number of amides is 3. The highest BCUT2D eigenvalue weighted by Gasteiger charge is 2.55. The van der Waals surface area contributed by atoms with Gasteiger partial charge in [0.2, 0.25) is 5.60 Å². The van der Waals surface area contributed by atoms with Crippen molar-refractivity contribution in [3.8, 4) is 0 Å². The van der Waals surface area contributed by atoms with Gasteiger partial charge in [0.15, 0.2) is 10.8 Å². The number of anilines is 1. The number of hydrogen-bond acceptors (Lipinski definition) is 14. The summed E-state index contributed by atoms with van der Waals surface area (Å²) in [5, 5.41) is 19.5. The second-order valence-electron chi connectivity index (χ2n) is 14.9. The minimum absolute atomic E-state index is 0.0571. The molecule has 7 rings (SSSR count). The van der Waals surface area contributed by atoms with E-state index in [1.807, 2.05) is 97.9 Å². The molecule has 2 aliphatic rings. The van der Waals surface area contributed by atoms with Crippen LogP contribution in [0.2, 0.25) is 4.34 Å². The number of carboxylic acids is 1. The van der Waals surface area contributed by atoms with Gasteiger partial charge in [-0.15, -0.1) is 23.5 Å². The zero-order valence-corrected chi connectivity index (χ0v) is 38.3. The van der Waals surface area contributed by atoms with Crippen molar-refractivity contribution < 1.29 is 33.9 Å². The first-order valence-electron chi connectivity index (χ1n) is 19.5. The average molecular weight is 945 g/mol. The van der Waals surface area contributed by atoms with Gasteiger partial charge < -0.3 is 31.0 Å². The quantitative estimate of drug-likeness (QED) is 0.0258. The summed E-state index contributed by atoms with van der Waals surface area (Å²) >= 11 is 11.5. The fraction of sp³-hybridized carbons (Fsp3) is 0.250. The zero-order valence-electron chi connectivity index (χ0n) is 34.3. The van der Waals surface area contributed by atoms with Crippen molar-refractivity contribution in [1.82, 2.24) is 25.5 Å². The monoisotopic (exact) mass is 943 g/mol. The van der Waals surface area contributed by atoms with E-state index < -0.39 is 51.9 Å². The molecular weight excluding hydrogens is 902 g/mol. The number of aliphatic carboxylic acids is 1. The fourth-order valence-electron chi connectivity index (χ4n) is 6.93. The number of alkyl carbamates (subject to hydrolysis) is 1. The van der Waals surface area contributed by atoms with Crippen molar-refractivity contribution in [3.05, 3.63) is 152 Å². The summed E-state index contributed by atoms with van der Waals surface area (Å²) in [5.74, 6) is -1.98. The van der Waals surface area contributed by atoms with Crippen molar-refractivity contribution >= 4 is 92.9 Å². The van der Waals surface area contributed by atoms with Crippen molar-refractivity contribution in [1.29, 1.82) is 0 Å². The molecule has 5 N–H and O–H groups in total. The molecule has 1 saturated heterocycles. The lowest BCUT2D eigenvalue weighted by molar-refractivity contribution is -0.150. The molecule has 4 heterocycles. The number of oxime groups is 1. The van der Waals surface area contributed by atoms with Crippen LogP contribution in [0, 0.1) is 0 Å². The third-order valence-electron chi connectivity index (χ3n) is 9.59. The topological polar surface area (TPSA) is 198 Å². The van der Waals surface area contributed by atoms with E-state index in [0.29, 0.717) is 37.8 Å². The lowest BCUT2D eigenvalue weighted by Gasteiger charge is -2.49. The number of nitrogens with zero attached hydrogens (tertiary/aromatic N) is 4. The Morgan fingerprint density at radius 3 is 2.13 bits per heavy atom. The normalized spacial score (nSPS) is 17.0. The molecule has 63 heavy (non-hydrogen) atoms. The standard InChI is InChI=1S/C44H42ClN7O7S4/c1-5-60-37(50-42(57)58-43(2,3)4)28-23-47-22-21-29(28)62-30-24-61-39-33(38(54)52(39)34(30)40(55)56)48-36(53)32(31-35(45)63-41(46)49-31)51-59-44(25-15-9-6-10-16-25,26-17-11-7-12-18-26)27-19-13-8-14-20-27/h6-23,33,37,39H,5,24H2,1-4H3,(H2,46,49)(H,48,53)(H,50,57)(H,55,56)/t33-,37?,39+/m1/s1. The molecule has 2 aliphatic heterocycles. The highest BCUT2D eigenvalue weighted by molar-refractivity contribution is 8.06. The van der Waals surface area contributed by atoms with E-state index in [-0.39, 0.29) is 32.3 Å². The van der Waals surface area contributed by atoms with Gasteiger partial charge in [-0.05, 0) is 32.6 Å². The number of nitrogens with one attached hydrogen (secondary N) is 2. The maximum absolute atomic E-state index is 14.5. The van der Waals surface area contributed by atoms with Gasteiger partial charge >= 0.3 is 12.1 Å². The summed E-state index contributed by atoms with van der Waals surface area (Å²) in [6, 6.07) is 28.8. The number of carboxylic acid groups (broad SMARTS) is 1. The Kier molecular flexibility index (Phi) is 14.1. The van der Waals surface area contributed by atoms with Gasteiger partial charge in [-0.3, -0.25) is 19.5 Å². The molecule has 2 aromatic heterocycles. The van der Waals surface area contributed by atoms with Gasteiger partial charge in [-0.2, -0.15) is 0 Å². The molecule has 5 aromatic rings. The van der Waals surface area contributed by atoms with Crippen LogP contribution in [-0.4, -0.2) is 78.1 Å². The van der Waals surface area contributed by atoms with Crippen LogP contribution in [0.4, 0.5) is 9.93 Å². The lowest BCUT2D eigenvalue weighted by atomic mass is 9.80. The summed E-state index contributed by atoms with van der Waals surface area (Å²) in [7, 11) is 0. The van der Waals surface area contributed by atoms with Crippen LogP contribution in [0.1, 0.15) is 61.0 Å². The number of β-lactam (4-membered cyclic amide) rings is 1. The van der Waals surface area contributed by atoms with Crippen LogP contribution < -0.4 is 16.4 Å². The lowest BCUT2D eigenvalue weighted by Crippen LogP contribution is -2.71. The third kappa shape index (κ3) is 9.84. The number of hydrogen-bond donors (Lipinski definition) is 4. The highest BCUT2D eigenvalue weighted by atomic mass is 35.5. The van der Waals surface area contributed by atoms with Crippen LogP contribution in [0.5, 0.6) is 0 Å². The molecule has 19 heteroatoms. The van der Waals surface area contributed by atoms with Crippen LogP contribution in [0.25, 0.3) is 0 Å². The molecule has 0 radical (unpaired) electrons. The molecule has 1 fully saturated rings. The first kappa shape index (κ1) is 45.5. The largest absolute Gasteiger partial charge is 0.477 e. The van der Waals surface area contributed by atoms with Crippen LogP contribution >= 0.6 is 58.2 Å². The van der Waals surface area contributed by atoms with E-state index in [1.165, 1.54) is 40.2 Å². The van der Waals surface area contributed by atoms with E-state index in [9.17, 15) is 24.3 Å². The minimum atomic E-state index is -1.38. The number of nitrogen functional groups attached to an aromatic ring is 1. The van der Waals surface area contributed by atoms with Crippen molar-refractivity contribution in [3.63, 3.8) is 0 Å². The Labute approximate surface area is 385 Å². The molecular formula is C44H42ClN7O7S4. The van der Waals surface area contributed by atoms with Crippen molar-refractivity contribution in [2.75, 3.05) is 17.2 Å². The number of thioether (sulfide) groups is 3. The molecule has 0 spiro atoms. The van der Waals surface area contributed by atoms with Gasteiger partial charge in [0, 0.05) is 50.2 Å². The second kappa shape index (κ2) is 19.5. The highest BCUT2D eigenvalue weighted by Crippen LogP contribution is 2.47. The van der Waals surface area contributed by atoms with Gasteiger partial charge in [-0.25, -0.2) is 14.6 Å². The van der Waals surface area contributed by atoms with Gasteiger partial charge in [0.1, 0.15) is 38.1 Å². The number of nitrogens with two attached hydrogens (primary N) is 1. The number of carbonyl (C=O) groups excluding carboxylic acids is 3. The number of fused-ring (bicyclic) bond motifs is 1. The number of ether oxygens (including phenoxy) is 1. The molecule has 326 valence electrons. The van der Waals surface area contributed by atoms with E-state index in [1.54, 1.807) is 39.2 Å². The predicted molar refractivity (Wildman–Crippen MR) is 248 cm³/mol. The fourth-order valence-corrected chi connectivity index (χ4v) is 11.4. The van der Waals surface area contributed by atoms with Gasteiger partial charge in [-0.1, -0.05) is 138 Å². The Morgan fingerprint density at radius 1 is 1.00 bits per heavy atom. The van der Waals surface area contributed by atoms with E-state index in [4.69, 9.17) is 26.9 Å². The first-order valence-corrected chi connectivity index (χ1v) is 23.6. The number of aromatic nitrogens is 2. The van der Waals surface area contributed by atoms with Crippen LogP contribution in [-0.2, 0) is 29.6 Å². The molecule has 14 nitrogen and oxygen atoms in total. The smallest absolute Gasteiger partial charge is 0.408 e. The third-order valence-corrected chi connectivity index (χ3v) is 14.3. The first-order chi connectivity index (χ1) is 30.2. The van der Waals surface area contributed by atoms with E-state index in [2.05, 4.69) is 25.8 Å². The predicted octanol–water partition coefficient (Wildman–Crippen LogP) is 8.25. The Balaban J connectivity index is 1.19. The van der Waals surface area contributed by atoms with Crippen LogP contribution in [0.3, 0.4) is 0 Å². The summed E-state index contributed by atoms with van der Waals surface area (Å²) in [6.07, 6.45) is 2.57. The SMILES string of the molecule is CCSC(NC(=O)OC(C)(C)C)c1cnccc1SC1=C(C(=O)O)N2C(=O)[C@@H](NC(=O)C(=NOC(c3ccccc3)(c3ccccc3)c3ccccc3)c3nc(N)sc3Cl)[C@@H]2SC1. The maximum atomic E-state index is 14.5. The Hall–Kier alpha value is -5.53. The Bertz CT molecular complexity index is 2460. The molecule has 0 saturated carbocycles. The van der Waals surface area contributed by atoms with Crippen molar-refractivity contribution in [2.24, 2.45) is 5.16 Å². The van der Waals surface area contributed by atoms with Gasteiger partial charge in [0.25, 0.3) is 11.8 Å². The molecule has 0 bridgehead atoms. The molecule has 3 atom stereocenters. The van der Waals surface area contributed by atoms with Crippen LogP contribution in [0.15, 0.2) is 130 Å². The maximum Gasteiger partial charge on any atom is 0.408 e. The molecule has 3 amide bonds. The number of halogens is 1. The van der Waals surface area contributed by atoms with Crippen molar-refractivity contribution in [2.45, 2.75) is 60.6 Å². The zero-order chi connectivity index (χ0) is 44.9. The number of thiazole rings is 1. The second-order valence-corrected chi connectivity index (χ2v) is 20.2. The summed E-state index contributed by atoms with van der Waals surface area (Å²) in [5.41, 5.74) is 6.09. The molecule has 1 unspecified atom stereocenters. The molecule has 3 aromatic carbocycles. The summed E-state index contributed by atoms with van der Waals surface area (Å²) < 4.78 is 5.57. The van der Waals surface area contributed by atoms with Gasteiger partial charge in [0.05, 0.1) is 0 Å². The number of rotatable bonds is 15.